The first-order valence-electron chi connectivity index (χ1n) is 4.56. The second-order valence-corrected chi connectivity index (χ2v) is 3.69. The molecule has 0 spiro atoms. The average molecular weight is 167 g/mol. The molecule has 1 heterocycles. The van der Waals surface area contributed by atoms with E-state index in [4.69, 9.17) is 11.0 Å². The zero-order chi connectivity index (χ0) is 9.14. The molecule has 3 atom stereocenters. The summed E-state index contributed by atoms with van der Waals surface area (Å²) in [6, 6.07) is 3.04. The van der Waals surface area contributed by atoms with E-state index in [1.54, 1.807) is 0 Å². The van der Waals surface area contributed by atoms with Gasteiger partial charge in [0.2, 0.25) is 0 Å². The third-order valence-corrected chi connectivity index (χ3v) is 2.65. The molecule has 0 aromatic carbocycles. The summed E-state index contributed by atoms with van der Waals surface area (Å²) in [7, 11) is 0. The number of nitriles is 1. The van der Waals surface area contributed by atoms with Crippen LogP contribution in [0.5, 0.6) is 0 Å². The Morgan fingerprint density at radius 3 is 2.83 bits per heavy atom. The molecule has 1 aliphatic heterocycles. The standard InChI is InChI=1S/C9H17N3/c1-7-3-4-9(11)6-12(7)8(2)5-10/h7-9H,3-4,6,11H2,1-2H3. The van der Waals surface area contributed by atoms with Gasteiger partial charge in [0.25, 0.3) is 0 Å². The van der Waals surface area contributed by atoms with Crippen LogP contribution in [-0.2, 0) is 0 Å². The minimum absolute atomic E-state index is 0.00588. The maximum atomic E-state index is 8.76. The molecule has 0 aromatic heterocycles. The maximum Gasteiger partial charge on any atom is 0.0952 e. The summed E-state index contributed by atoms with van der Waals surface area (Å²) in [5.41, 5.74) is 5.83. The molecule has 12 heavy (non-hydrogen) atoms. The highest BCUT2D eigenvalue weighted by Gasteiger charge is 2.26. The van der Waals surface area contributed by atoms with Crippen LogP contribution < -0.4 is 5.73 Å². The molecule has 1 rings (SSSR count). The molecule has 0 radical (unpaired) electrons. The number of nitrogens with zero attached hydrogens (tertiary/aromatic N) is 2. The van der Waals surface area contributed by atoms with E-state index < -0.39 is 0 Å². The van der Waals surface area contributed by atoms with Crippen LogP contribution >= 0.6 is 0 Å². The van der Waals surface area contributed by atoms with Gasteiger partial charge >= 0.3 is 0 Å². The quantitative estimate of drug-likeness (QED) is 0.625. The molecular weight excluding hydrogens is 150 g/mol. The SMILES string of the molecule is CC(C#N)N1CC(N)CCC1C. The fourth-order valence-electron chi connectivity index (χ4n) is 1.78. The third-order valence-electron chi connectivity index (χ3n) is 2.65. The number of likely N-dealkylation sites (tertiary alicyclic amines) is 1. The monoisotopic (exact) mass is 167 g/mol. The van der Waals surface area contributed by atoms with Crippen LogP contribution in [0.4, 0.5) is 0 Å². The van der Waals surface area contributed by atoms with Crippen molar-refractivity contribution in [1.29, 1.82) is 5.26 Å². The first-order valence-corrected chi connectivity index (χ1v) is 4.56. The number of nitrogens with two attached hydrogens (primary N) is 1. The lowest BCUT2D eigenvalue weighted by Crippen LogP contribution is -2.50. The molecule has 3 unspecified atom stereocenters. The molecule has 0 aliphatic carbocycles. The largest absolute Gasteiger partial charge is 0.327 e. The highest BCUT2D eigenvalue weighted by atomic mass is 15.2. The van der Waals surface area contributed by atoms with Crippen LogP contribution in [0.3, 0.4) is 0 Å². The molecule has 1 fully saturated rings. The number of hydrogen-bond acceptors (Lipinski definition) is 3. The van der Waals surface area contributed by atoms with E-state index in [0.29, 0.717) is 6.04 Å². The van der Waals surface area contributed by atoms with Crippen molar-refractivity contribution in [2.45, 2.75) is 44.8 Å². The summed E-state index contributed by atoms with van der Waals surface area (Å²) >= 11 is 0. The van der Waals surface area contributed by atoms with Gasteiger partial charge in [0.05, 0.1) is 12.1 Å². The molecule has 0 bridgehead atoms. The predicted molar refractivity (Wildman–Crippen MR) is 48.5 cm³/mol. The highest BCUT2D eigenvalue weighted by Crippen LogP contribution is 2.17. The minimum Gasteiger partial charge on any atom is -0.327 e. The van der Waals surface area contributed by atoms with Crippen molar-refractivity contribution >= 4 is 0 Å². The second-order valence-electron chi connectivity index (χ2n) is 3.69. The summed E-state index contributed by atoms with van der Waals surface area (Å²) in [5, 5.41) is 8.76. The Hall–Kier alpha value is -0.590. The van der Waals surface area contributed by atoms with Crippen molar-refractivity contribution in [1.82, 2.24) is 4.90 Å². The lowest BCUT2D eigenvalue weighted by molar-refractivity contribution is 0.126. The van der Waals surface area contributed by atoms with E-state index >= 15 is 0 Å². The zero-order valence-corrected chi connectivity index (χ0v) is 7.83. The minimum atomic E-state index is 0.00588. The number of piperidine rings is 1. The van der Waals surface area contributed by atoms with Crippen LogP contribution in [0, 0.1) is 11.3 Å². The molecule has 68 valence electrons. The molecule has 0 aromatic rings. The van der Waals surface area contributed by atoms with Crippen molar-refractivity contribution in [3.05, 3.63) is 0 Å². The van der Waals surface area contributed by atoms with Crippen LogP contribution in [0.2, 0.25) is 0 Å². The van der Waals surface area contributed by atoms with Gasteiger partial charge in [-0.15, -0.1) is 0 Å². The fourth-order valence-corrected chi connectivity index (χ4v) is 1.78. The zero-order valence-electron chi connectivity index (χ0n) is 7.83. The Morgan fingerprint density at radius 2 is 2.25 bits per heavy atom. The van der Waals surface area contributed by atoms with E-state index in [1.165, 1.54) is 0 Å². The van der Waals surface area contributed by atoms with E-state index in [2.05, 4.69) is 17.9 Å². The highest BCUT2D eigenvalue weighted by molar-refractivity contribution is 4.93. The summed E-state index contributed by atoms with van der Waals surface area (Å²) in [4.78, 5) is 2.19. The van der Waals surface area contributed by atoms with Crippen molar-refractivity contribution in [2.75, 3.05) is 6.54 Å². The van der Waals surface area contributed by atoms with Crippen molar-refractivity contribution < 1.29 is 0 Å². The number of rotatable bonds is 1. The van der Waals surface area contributed by atoms with Crippen LogP contribution in [0.15, 0.2) is 0 Å². The Bertz CT molecular complexity index is 185. The number of hydrogen-bond donors (Lipinski definition) is 1. The molecule has 1 saturated heterocycles. The average Bonchev–Trinajstić information content (AvgIpc) is 2.08. The van der Waals surface area contributed by atoms with Gasteiger partial charge < -0.3 is 5.73 Å². The molecular formula is C9H17N3. The smallest absolute Gasteiger partial charge is 0.0952 e. The van der Waals surface area contributed by atoms with Gasteiger partial charge in [-0.2, -0.15) is 5.26 Å². The van der Waals surface area contributed by atoms with E-state index in [-0.39, 0.29) is 12.1 Å². The van der Waals surface area contributed by atoms with Gasteiger partial charge in [0, 0.05) is 18.6 Å². The topological polar surface area (TPSA) is 53.0 Å². The van der Waals surface area contributed by atoms with Crippen molar-refractivity contribution in [3.63, 3.8) is 0 Å². The molecule has 1 aliphatic rings. The lowest BCUT2D eigenvalue weighted by Gasteiger charge is -2.37. The third kappa shape index (κ3) is 1.96. The Morgan fingerprint density at radius 1 is 1.58 bits per heavy atom. The van der Waals surface area contributed by atoms with Gasteiger partial charge in [-0.1, -0.05) is 0 Å². The van der Waals surface area contributed by atoms with E-state index in [0.717, 1.165) is 19.4 Å². The van der Waals surface area contributed by atoms with E-state index in [1.807, 2.05) is 6.92 Å². The van der Waals surface area contributed by atoms with E-state index in [9.17, 15) is 0 Å². The first kappa shape index (κ1) is 9.50. The molecule has 0 amide bonds. The summed E-state index contributed by atoms with van der Waals surface area (Å²) < 4.78 is 0. The normalized spacial score (nSPS) is 34.2. The van der Waals surface area contributed by atoms with Crippen LogP contribution in [0.1, 0.15) is 26.7 Å². The maximum absolute atomic E-state index is 8.76. The Labute approximate surface area is 74.1 Å². The van der Waals surface area contributed by atoms with Gasteiger partial charge in [-0.05, 0) is 26.7 Å². The Kier molecular flexibility index (Phi) is 3.07. The van der Waals surface area contributed by atoms with Gasteiger partial charge in [-0.25, -0.2) is 0 Å². The van der Waals surface area contributed by atoms with Crippen molar-refractivity contribution in [3.8, 4) is 6.07 Å². The fraction of sp³-hybridized carbons (Fsp3) is 0.889. The van der Waals surface area contributed by atoms with Gasteiger partial charge in [0.1, 0.15) is 0 Å². The molecule has 0 saturated carbocycles. The van der Waals surface area contributed by atoms with Crippen molar-refractivity contribution in [2.24, 2.45) is 5.73 Å². The molecule has 3 heteroatoms. The van der Waals surface area contributed by atoms with Gasteiger partial charge in [0.15, 0.2) is 0 Å². The molecule has 2 N–H and O–H groups in total. The molecule has 3 nitrogen and oxygen atoms in total. The lowest BCUT2D eigenvalue weighted by atomic mass is 9.98. The summed E-state index contributed by atoms with van der Waals surface area (Å²) in [6.07, 6.45) is 2.21. The second kappa shape index (κ2) is 3.88. The summed E-state index contributed by atoms with van der Waals surface area (Å²) in [5.74, 6) is 0. The Balaban J connectivity index is 2.55. The van der Waals surface area contributed by atoms with Gasteiger partial charge in [-0.3, -0.25) is 4.90 Å². The summed E-state index contributed by atoms with van der Waals surface area (Å²) in [6.45, 7) is 4.98. The van der Waals surface area contributed by atoms with Crippen LogP contribution in [-0.4, -0.2) is 29.6 Å². The first-order chi connectivity index (χ1) is 5.65. The van der Waals surface area contributed by atoms with Crippen LogP contribution in [0.25, 0.3) is 0 Å². The predicted octanol–water partition coefficient (Wildman–Crippen LogP) is 0.710.